The summed E-state index contributed by atoms with van der Waals surface area (Å²) in [6.45, 7) is 2.00. The molecule has 2 aromatic rings. The van der Waals surface area contributed by atoms with Crippen LogP contribution in [0.25, 0.3) is 16.6 Å². The molecule has 3 rings (SSSR count). The molecule has 1 aromatic carbocycles. The number of nitrogens with zero attached hydrogens (tertiary/aromatic N) is 3. The van der Waals surface area contributed by atoms with Gasteiger partial charge in [-0.25, -0.2) is 14.8 Å². The first kappa shape index (κ1) is 13.6. The van der Waals surface area contributed by atoms with Crippen molar-refractivity contribution in [3.05, 3.63) is 35.1 Å². The molecule has 0 fully saturated rings. The zero-order valence-electron chi connectivity index (χ0n) is 11.6. The van der Waals surface area contributed by atoms with Gasteiger partial charge >= 0.3 is 5.97 Å². The lowest BCUT2D eigenvalue weighted by atomic mass is 10.1. The maximum Gasteiger partial charge on any atom is 0.343 e. The number of nitrogens with one attached hydrogen (secondary N) is 1. The zero-order valence-corrected chi connectivity index (χ0v) is 12.3. The summed E-state index contributed by atoms with van der Waals surface area (Å²) in [4.78, 5) is 21.2. The quantitative estimate of drug-likeness (QED) is 0.676. The van der Waals surface area contributed by atoms with Crippen LogP contribution >= 0.6 is 11.6 Å². The number of hydrogen-bond acceptors (Lipinski definition) is 6. The van der Waals surface area contributed by atoms with Crippen LogP contribution in [0, 0.1) is 0 Å². The van der Waals surface area contributed by atoms with E-state index in [9.17, 15) is 4.79 Å². The topological polar surface area (TPSA) is 67.3 Å². The van der Waals surface area contributed by atoms with Crippen molar-refractivity contribution in [1.82, 2.24) is 15.4 Å². The molecule has 1 N–H and O–H groups in total. The molecule has 0 spiro atoms. The Bertz CT molecular complexity index is 760. The van der Waals surface area contributed by atoms with Gasteiger partial charge in [0, 0.05) is 7.05 Å². The van der Waals surface area contributed by atoms with E-state index < -0.39 is 5.97 Å². The molecule has 7 heteroatoms. The van der Waals surface area contributed by atoms with Crippen molar-refractivity contribution in [3.8, 4) is 0 Å². The number of benzene rings is 1. The first-order valence-corrected chi connectivity index (χ1v) is 6.84. The summed E-state index contributed by atoms with van der Waals surface area (Å²) in [7, 11) is 1.76. The summed E-state index contributed by atoms with van der Waals surface area (Å²) in [5.41, 5.74) is 4.91. The molecule has 6 nitrogen and oxygen atoms in total. The van der Waals surface area contributed by atoms with Crippen LogP contribution in [0.3, 0.4) is 0 Å². The third kappa shape index (κ3) is 2.27. The number of halogens is 1. The lowest BCUT2D eigenvalue weighted by Gasteiger charge is -2.28. The fourth-order valence-electron chi connectivity index (χ4n) is 2.14. The smallest absolute Gasteiger partial charge is 0.343 e. The highest BCUT2D eigenvalue weighted by Crippen LogP contribution is 2.32. The van der Waals surface area contributed by atoms with Gasteiger partial charge in [-0.2, -0.15) is 0 Å². The fourth-order valence-corrected chi connectivity index (χ4v) is 2.44. The average Bonchev–Trinajstić information content (AvgIpc) is 2.46. The van der Waals surface area contributed by atoms with Crippen molar-refractivity contribution >= 4 is 40.0 Å². The fraction of sp³-hybridized carbons (Fsp3) is 0.214. The molecular weight excluding hydrogens is 292 g/mol. The van der Waals surface area contributed by atoms with Gasteiger partial charge < -0.3 is 4.74 Å². The molecule has 0 amide bonds. The highest BCUT2D eigenvalue weighted by molar-refractivity contribution is 6.39. The van der Waals surface area contributed by atoms with Crippen molar-refractivity contribution in [2.45, 2.75) is 6.92 Å². The average molecular weight is 305 g/mol. The van der Waals surface area contributed by atoms with Gasteiger partial charge in [-0.05, 0) is 19.1 Å². The van der Waals surface area contributed by atoms with Gasteiger partial charge in [0.2, 0.25) is 0 Å². The molecule has 0 radical (unpaired) electrons. The Balaban J connectivity index is 2.23. The molecule has 2 heterocycles. The molecule has 1 aliphatic heterocycles. The molecule has 0 unspecified atom stereocenters. The number of hydrogen-bond donors (Lipinski definition) is 1. The van der Waals surface area contributed by atoms with Gasteiger partial charge in [0.1, 0.15) is 16.4 Å². The molecule has 0 aliphatic carbocycles. The highest BCUT2D eigenvalue weighted by Gasteiger charge is 2.30. The lowest BCUT2D eigenvalue weighted by Crippen LogP contribution is -2.38. The predicted molar refractivity (Wildman–Crippen MR) is 80.5 cm³/mol. The Morgan fingerprint density at radius 1 is 1.33 bits per heavy atom. The third-order valence-corrected chi connectivity index (χ3v) is 3.35. The van der Waals surface area contributed by atoms with E-state index in [1.54, 1.807) is 19.0 Å². The summed E-state index contributed by atoms with van der Waals surface area (Å²) in [6.07, 6.45) is 0. The first-order valence-electron chi connectivity index (χ1n) is 6.46. The number of para-hydroxylation sites is 2. The van der Waals surface area contributed by atoms with Gasteiger partial charge in [0.25, 0.3) is 0 Å². The number of fused-ring (bicyclic) bond motifs is 2. The first-order chi connectivity index (χ1) is 10.1. The van der Waals surface area contributed by atoms with E-state index in [0.717, 1.165) is 5.52 Å². The second kappa shape index (κ2) is 5.21. The lowest BCUT2D eigenvalue weighted by molar-refractivity contribution is -0.136. The van der Waals surface area contributed by atoms with E-state index in [4.69, 9.17) is 16.3 Å². The number of rotatable bonds is 2. The minimum atomic E-state index is -0.520. The molecule has 108 valence electrons. The van der Waals surface area contributed by atoms with Crippen molar-refractivity contribution in [2.75, 3.05) is 18.7 Å². The summed E-state index contributed by atoms with van der Waals surface area (Å²) < 4.78 is 5.05. The Kier molecular flexibility index (Phi) is 3.39. The molecule has 0 saturated carbocycles. The van der Waals surface area contributed by atoms with Gasteiger partial charge in [-0.1, -0.05) is 23.7 Å². The van der Waals surface area contributed by atoms with Crippen LogP contribution in [-0.4, -0.2) is 29.6 Å². The summed E-state index contributed by atoms with van der Waals surface area (Å²) in [5, 5.41) is 1.80. The predicted octanol–water partition coefficient (Wildman–Crippen LogP) is 2.05. The number of carbonyl (C=O) groups excluding carboxylic acids is 1. The van der Waals surface area contributed by atoms with E-state index >= 15 is 0 Å². The Morgan fingerprint density at radius 3 is 2.67 bits per heavy atom. The van der Waals surface area contributed by atoms with E-state index in [1.807, 2.05) is 24.3 Å². The maximum absolute atomic E-state index is 12.1. The van der Waals surface area contributed by atoms with E-state index in [0.29, 0.717) is 17.0 Å². The molecular formula is C14H13ClN4O2. The minimum absolute atomic E-state index is 0.174. The van der Waals surface area contributed by atoms with Crippen molar-refractivity contribution < 1.29 is 9.53 Å². The second-order valence-corrected chi connectivity index (χ2v) is 4.84. The minimum Gasteiger partial charge on any atom is -0.462 e. The Labute approximate surface area is 126 Å². The number of esters is 1. The number of aromatic nitrogens is 2. The normalized spacial score (nSPS) is 14.0. The van der Waals surface area contributed by atoms with Crippen LogP contribution in [0.5, 0.6) is 0 Å². The number of ether oxygens (including phenoxy) is 1. The largest absolute Gasteiger partial charge is 0.462 e. The number of anilines is 1. The SMILES string of the molecule is CCOC(=O)C1=C(Cl)NN(C)c2nc3ccccc3nc21. The Morgan fingerprint density at radius 2 is 2.00 bits per heavy atom. The number of hydrazine groups is 1. The van der Waals surface area contributed by atoms with Gasteiger partial charge in [-0.15, -0.1) is 0 Å². The molecule has 0 bridgehead atoms. The van der Waals surface area contributed by atoms with Crippen LogP contribution in [0.1, 0.15) is 12.6 Å². The van der Waals surface area contributed by atoms with Crippen LogP contribution in [0.15, 0.2) is 29.4 Å². The van der Waals surface area contributed by atoms with E-state index in [1.165, 1.54) is 0 Å². The van der Waals surface area contributed by atoms with Gasteiger partial charge in [0.15, 0.2) is 5.82 Å². The van der Waals surface area contributed by atoms with Crippen LogP contribution in [0.4, 0.5) is 5.82 Å². The molecule has 1 aromatic heterocycles. The highest BCUT2D eigenvalue weighted by atomic mass is 35.5. The van der Waals surface area contributed by atoms with E-state index in [-0.39, 0.29) is 17.3 Å². The molecule has 21 heavy (non-hydrogen) atoms. The van der Waals surface area contributed by atoms with Crippen LogP contribution < -0.4 is 10.4 Å². The monoisotopic (exact) mass is 304 g/mol. The van der Waals surface area contributed by atoms with Crippen LogP contribution in [-0.2, 0) is 9.53 Å². The zero-order chi connectivity index (χ0) is 15.0. The maximum atomic E-state index is 12.1. The summed E-state index contributed by atoms with van der Waals surface area (Å²) in [5.74, 6) is 0.00934. The number of carbonyl (C=O) groups is 1. The second-order valence-electron chi connectivity index (χ2n) is 4.46. The Hall–Kier alpha value is -2.34. The standard InChI is InChI=1S/C14H13ClN4O2/c1-3-21-14(20)10-11-13(19(2)18-12(10)15)17-9-7-5-4-6-8(9)16-11/h4-7,18H,3H2,1-2H3. The van der Waals surface area contributed by atoms with E-state index in [2.05, 4.69) is 15.4 Å². The van der Waals surface area contributed by atoms with Crippen molar-refractivity contribution in [2.24, 2.45) is 0 Å². The van der Waals surface area contributed by atoms with Crippen molar-refractivity contribution in [3.63, 3.8) is 0 Å². The summed E-state index contributed by atoms with van der Waals surface area (Å²) >= 11 is 6.15. The third-order valence-electron chi connectivity index (χ3n) is 3.07. The van der Waals surface area contributed by atoms with Gasteiger partial charge in [0.05, 0.1) is 17.6 Å². The summed E-state index contributed by atoms with van der Waals surface area (Å²) in [6, 6.07) is 7.44. The van der Waals surface area contributed by atoms with Crippen LogP contribution in [0.2, 0.25) is 0 Å². The molecule has 0 atom stereocenters. The van der Waals surface area contributed by atoms with Crippen molar-refractivity contribution in [1.29, 1.82) is 0 Å². The van der Waals surface area contributed by atoms with Gasteiger partial charge in [-0.3, -0.25) is 10.4 Å². The molecule has 1 aliphatic rings. The molecule has 0 saturated heterocycles.